The van der Waals surface area contributed by atoms with Gasteiger partial charge in [-0.2, -0.15) is 0 Å². The zero-order valence-corrected chi connectivity index (χ0v) is 11.1. The molecule has 2 atom stereocenters. The largest absolute Gasteiger partial charge is 0.389 e. The molecule has 2 heteroatoms. The van der Waals surface area contributed by atoms with Gasteiger partial charge in [-0.05, 0) is 38.2 Å². The van der Waals surface area contributed by atoms with Gasteiger partial charge in [0.1, 0.15) is 5.78 Å². The molecule has 0 spiro atoms. The number of hydrogen-bond donors (Lipinski definition) is 1. The lowest BCUT2D eigenvalue weighted by atomic mass is 9.74. The first-order valence-electron chi connectivity index (χ1n) is 6.88. The van der Waals surface area contributed by atoms with Crippen molar-refractivity contribution in [2.45, 2.75) is 51.0 Å². The van der Waals surface area contributed by atoms with Crippen LogP contribution in [-0.2, 0) is 11.2 Å². The van der Waals surface area contributed by atoms with Gasteiger partial charge in [-0.25, -0.2) is 0 Å². The maximum atomic E-state index is 11.9. The molecular weight excluding hydrogens is 224 g/mol. The summed E-state index contributed by atoms with van der Waals surface area (Å²) in [4.78, 5) is 11.9. The van der Waals surface area contributed by atoms with Crippen LogP contribution in [0.25, 0.3) is 0 Å². The van der Waals surface area contributed by atoms with Crippen molar-refractivity contribution in [3.05, 3.63) is 35.9 Å². The highest BCUT2D eigenvalue weighted by atomic mass is 16.3. The van der Waals surface area contributed by atoms with Crippen LogP contribution in [0, 0.1) is 5.92 Å². The molecule has 18 heavy (non-hydrogen) atoms. The van der Waals surface area contributed by atoms with E-state index < -0.39 is 5.60 Å². The van der Waals surface area contributed by atoms with Gasteiger partial charge in [0.15, 0.2) is 0 Å². The van der Waals surface area contributed by atoms with Crippen LogP contribution in [-0.4, -0.2) is 16.5 Å². The Labute approximate surface area is 109 Å². The molecular formula is C16H22O2. The lowest BCUT2D eigenvalue weighted by molar-refractivity contribution is -0.134. The third kappa shape index (κ3) is 3.20. The van der Waals surface area contributed by atoms with E-state index in [-0.39, 0.29) is 11.7 Å². The predicted octanol–water partition coefficient (Wildman–Crippen LogP) is 3.13. The summed E-state index contributed by atoms with van der Waals surface area (Å²) in [5, 5.41) is 10.6. The summed E-state index contributed by atoms with van der Waals surface area (Å²) in [5.74, 6) is 0.0919. The van der Waals surface area contributed by atoms with Gasteiger partial charge in [0, 0.05) is 12.3 Å². The van der Waals surface area contributed by atoms with Crippen LogP contribution < -0.4 is 0 Å². The molecule has 1 fully saturated rings. The second-order valence-electron chi connectivity index (χ2n) is 5.61. The van der Waals surface area contributed by atoms with Crippen LogP contribution in [0.4, 0.5) is 0 Å². The molecule has 1 aromatic rings. The molecule has 1 N–H and O–H groups in total. The number of Topliss-reactive ketones (excluding diaryl/α,β-unsaturated/α-hetero) is 1. The highest BCUT2D eigenvalue weighted by molar-refractivity contribution is 5.82. The molecule has 0 unspecified atom stereocenters. The van der Waals surface area contributed by atoms with E-state index in [0.717, 1.165) is 25.7 Å². The minimum atomic E-state index is -0.854. The third-order valence-corrected chi connectivity index (χ3v) is 4.07. The number of carbonyl (C=O) groups excluding carboxylic acids is 1. The summed E-state index contributed by atoms with van der Waals surface area (Å²) in [5.41, 5.74) is 0.369. The topological polar surface area (TPSA) is 37.3 Å². The van der Waals surface area contributed by atoms with Crippen LogP contribution >= 0.6 is 0 Å². The van der Waals surface area contributed by atoms with E-state index >= 15 is 0 Å². The molecule has 1 aromatic carbocycles. The number of ketones is 1. The lowest BCUT2D eigenvalue weighted by Crippen LogP contribution is -2.41. The van der Waals surface area contributed by atoms with Crippen molar-refractivity contribution in [3.63, 3.8) is 0 Å². The minimum Gasteiger partial charge on any atom is -0.389 e. The van der Waals surface area contributed by atoms with Gasteiger partial charge in [0.2, 0.25) is 0 Å². The van der Waals surface area contributed by atoms with Crippen molar-refractivity contribution in [3.8, 4) is 0 Å². The summed E-state index contributed by atoms with van der Waals surface area (Å²) in [6.07, 6.45) is 5.04. The standard InChI is InChI=1S/C16H22O2/c1-16(18,14-9-5-6-10-15(14)17)12-11-13-7-3-2-4-8-13/h2-4,7-8,14,18H,5-6,9-12H2,1H3/t14-,16+/m1/s1. The molecule has 0 radical (unpaired) electrons. The number of carbonyl (C=O) groups is 1. The summed E-state index contributed by atoms with van der Waals surface area (Å²) in [6, 6.07) is 10.1. The Morgan fingerprint density at radius 1 is 1.28 bits per heavy atom. The van der Waals surface area contributed by atoms with Crippen LogP contribution in [0.2, 0.25) is 0 Å². The van der Waals surface area contributed by atoms with Gasteiger partial charge in [-0.3, -0.25) is 4.79 Å². The number of benzene rings is 1. The van der Waals surface area contributed by atoms with Crippen molar-refractivity contribution in [1.29, 1.82) is 0 Å². The highest BCUT2D eigenvalue weighted by Gasteiger charge is 2.37. The van der Waals surface area contributed by atoms with Crippen LogP contribution in [0.3, 0.4) is 0 Å². The quantitative estimate of drug-likeness (QED) is 0.886. The molecule has 0 heterocycles. The summed E-state index contributed by atoms with van der Waals surface area (Å²) in [6.45, 7) is 1.82. The van der Waals surface area contributed by atoms with E-state index in [1.165, 1.54) is 5.56 Å². The lowest BCUT2D eigenvalue weighted by Gasteiger charge is -2.34. The van der Waals surface area contributed by atoms with E-state index in [0.29, 0.717) is 12.8 Å². The van der Waals surface area contributed by atoms with Gasteiger partial charge < -0.3 is 5.11 Å². The van der Waals surface area contributed by atoms with Crippen molar-refractivity contribution >= 4 is 5.78 Å². The number of rotatable bonds is 4. The first-order valence-corrected chi connectivity index (χ1v) is 6.88. The molecule has 2 rings (SSSR count). The number of hydrogen-bond acceptors (Lipinski definition) is 2. The SMILES string of the molecule is C[C@](O)(CCc1ccccc1)[C@@H]1CCCCC1=O. The van der Waals surface area contributed by atoms with E-state index in [9.17, 15) is 9.90 Å². The maximum Gasteiger partial charge on any atom is 0.138 e. The Bertz CT molecular complexity index is 395. The van der Waals surface area contributed by atoms with Gasteiger partial charge in [-0.1, -0.05) is 36.8 Å². The normalized spacial score (nSPS) is 23.7. The molecule has 98 valence electrons. The van der Waals surface area contributed by atoms with Crippen LogP contribution in [0.15, 0.2) is 30.3 Å². The average molecular weight is 246 g/mol. The van der Waals surface area contributed by atoms with Gasteiger partial charge in [0.25, 0.3) is 0 Å². The molecule has 1 aliphatic rings. The van der Waals surface area contributed by atoms with Crippen molar-refractivity contribution in [1.82, 2.24) is 0 Å². The molecule has 0 aliphatic heterocycles. The Kier molecular flexibility index (Phi) is 4.18. The van der Waals surface area contributed by atoms with Gasteiger partial charge in [0.05, 0.1) is 5.60 Å². The molecule has 2 nitrogen and oxygen atoms in total. The van der Waals surface area contributed by atoms with Crippen molar-refractivity contribution in [2.24, 2.45) is 5.92 Å². The van der Waals surface area contributed by atoms with Crippen molar-refractivity contribution < 1.29 is 9.90 Å². The Morgan fingerprint density at radius 2 is 2.00 bits per heavy atom. The van der Waals surface area contributed by atoms with Gasteiger partial charge in [-0.15, -0.1) is 0 Å². The molecule has 0 saturated heterocycles. The zero-order valence-electron chi connectivity index (χ0n) is 11.1. The first-order chi connectivity index (χ1) is 8.59. The minimum absolute atomic E-state index is 0.157. The van der Waals surface area contributed by atoms with Gasteiger partial charge >= 0.3 is 0 Å². The number of aryl methyl sites for hydroxylation is 1. The fraction of sp³-hybridized carbons (Fsp3) is 0.562. The Balaban J connectivity index is 1.96. The molecule has 1 saturated carbocycles. The van der Waals surface area contributed by atoms with Crippen LogP contribution in [0.1, 0.15) is 44.6 Å². The fourth-order valence-corrected chi connectivity index (χ4v) is 2.86. The summed E-state index contributed by atoms with van der Waals surface area (Å²) < 4.78 is 0. The predicted molar refractivity (Wildman–Crippen MR) is 72.4 cm³/mol. The van der Waals surface area contributed by atoms with E-state index in [1.54, 1.807) is 0 Å². The average Bonchev–Trinajstić information content (AvgIpc) is 2.38. The molecule has 0 amide bonds. The third-order valence-electron chi connectivity index (χ3n) is 4.07. The van der Waals surface area contributed by atoms with E-state index in [4.69, 9.17) is 0 Å². The maximum absolute atomic E-state index is 11.9. The van der Waals surface area contributed by atoms with E-state index in [1.807, 2.05) is 25.1 Å². The first kappa shape index (κ1) is 13.3. The second kappa shape index (κ2) is 5.66. The molecule has 0 aromatic heterocycles. The smallest absolute Gasteiger partial charge is 0.138 e. The number of aliphatic hydroxyl groups is 1. The Hall–Kier alpha value is -1.15. The van der Waals surface area contributed by atoms with Crippen LogP contribution in [0.5, 0.6) is 0 Å². The van der Waals surface area contributed by atoms with E-state index in [2.05, 4.69) is 12.1 Å². The summed E-state index contributed by atoms with van der Waals surface area (Å²) >= 11 is 0. The Morgan fingerprint density at radius 3 is 2.67 bits per heavy atom. The fourth-order valence-electron chi connectivity index (χ4n) is 2.86. The summed E-state index contributed by atoms with van der Waals surface area (Å²) in [7, 11) is 0. The second-order valence-corrected chi connectivity index (χ2v) is 5.61. The highest BCUT2D eigenvalue weighted by Crippen LogP contribution is 2.33. The monoisotopic (exact) mass is 246 g/mol. The van der Waals surface area contributed by atoms with Crippen molar-refractivity contribution in [2.75, 3.05) is 0 Å². The zero-order chi connectivity index (χ0) is 13.0. The molecule has 0 bridgehead atoms. The molecule has 1 aliphatic carbocycles.